The van der Waals surface area contributed by atoms with Gasteiger partial charge in [-0.25, -0.2) is 0 Å². The van der Waals surface area contributed by atoms with Crippen LogP contribution >= 0.6 is 0 Å². The van der Waals surface area contributed by atoms with Crippen molar-refractivity contribution in [3.63, 3.8) is 0 Å². The molecule has 0 aromatic heterocycles. The van der Waals surface area contributed by atoms with Crippen LogP contribution in [0.4, 0.5) is 0 Å². The second kappa shape index (κ2) is 8.89. The van der Waals surface area contributed by atoms with Crippen LogP contribution in [0.3, 0.4) is 0 Å². The third-order valence-corrected chi connectivity index (χ3v) is 2.94. The lowest BCUT2D eigenvalue weighted by molar-refractivity contribution is -0.148. The first kappa shape index (κ1) is 16.9. The first-order valence-electron chi connectivity index (χ1n) is 6.93. The number of hydrogen-bond acceptors (Lipinski definition) is 5. The Morgan fingerprint density at radius 1 is 1.45 bits per heavy atom. The van der Waals surface area contributed by atoms with Crippen molar-refractivity contribution in [3.8, 4) is 0 Å². The Hall–Kier alpha value is -1.18. The Morgan fingerprint density at radius 3 is 2.85 bits per heavy atom. The molecule has 1 aliphatic rings. The highest BCUT2D eigenvalue weighted by molar-refractivity contribution is 5.88. The molecule has 7 nitrogen and oxygen atoms in total. The van der Waals surface area contributed by atoms with Crippen LogP contribution in [-0.4, -0.2) is 75.4 Å². The monoisotopic (exact) mass is 287 g/mol. The van der Waals surface area contributed by atoms with E-state index < -0.39 is 6.04 Å². The van der Waals surface area contributed by atoms with E-state index >= 15 is 0 Å². The lowest BCUT2D eigenvalue weighted by Crippen LogP contribution is -2.58. The van der Waals surface area contributed by atoms with Gasteiger partial charge in [0.25, 0.3) is 0 Å². The van der Waals surface area contributed by atoms with Gasteiger partial charge < -0.3 is 25.0 Å². The summed E-state index contributed by atoms with van der Waals surface area (Å²) in [5.74, 6) is -0.252. The van der Waals surface area contributed by atoms with Gasteiger partial charge in [0.1, 0.15) is 6.04 Å². The molecule has 0 bridgehead atoms. The average molecular weight is 287 g/mol. The fraction of sp³-hybridized carbons (Fsp3) is 0.846. The maximum atomic E-state index is 12.1. The summed E-state index contributed by atoms with van der Waals surface area (Å²) >= 11 is 0. The van der Waals surface area contributed by atoms with Crippen molar-refractivity contribution in [2.75, 3.05) is 46.6 Å². The fourth-order valence-electron chi connectivity index (χ4n) is 1.97. The minimum atomic E-state index is -0.539. The Labute approximate surface area is 120 Å². The molecule has 1 rings (SSSR count). The van der Waals surface area contributed by atoms with Gasteiger partial charge in [-0.05, 0) is 13.8 Å². The van der Waals surface area contributed by atoms with Gasteiger partial charge in [0.2, 0.25) is 11.8 Å². The van der Waals surface area contributed by atoms with E-state index in [4.69, 9.17) is 9.47 Å². The van der Waals surface area contributed by atoms with Gasteiger partial charge in [-0.15, -0.1) is 0 Å². The Bertz CT molecular complexity index is 323. The quantitative estimate of drug-likeness (QED) is 0.586. The van der Waals surface area contributed by atoms with Crippen LogP contribution in [0, 0.1) is 0 Å². The number of nitrogens with zero attached hydrogens (tertiary/aromatic N) is 1. The SMILES string of the molecule is COCCNCC(=O)N1CCOCC1C(=O)NC(C)C. The summed E-state index contributed by atoms with van der Waals surface area (Å²) in [5, 5.41) is 5.82. The van der Waals surface area contributed by atoms with Gasteiger partial charge in [-0.1, -0.05) is 0 Å². The van der Waals surface area contributed by atoms with E-state index in [1.807, 2.05) is 13.8 Å². The number of carbonyl (C=O) groups excluding carboxylic acids is 2. The molecule has 1 atom stereocenters. The Balaban J connectivity index is 2.50. The maximum Gasteiger partial charge on any atom is 0.245 e. The largest absolute Gasteiger partial charge is 0.383 e. The smallest absolute Gasteiger partial charge is 0.245 e. The third kappa shape index (κ3) is 5.44. The molecule has 2 amide bonds. The second-order valence-electron chi connectivity index (χ2n) is 5.01. The number of rotatable bonds is 7. The molecule has 0 aromatic carbocycles. The van der Waals surface area contributed by atoms with Crippen LogP contribution < -0.4 is 10.6 Å². The van der Waals surface area contributed by atoms with Crippen molar-refractivity contribution in [2.45, 2.75) is 25.9 Å². The van der Waals surface area contributed by atoms with Gasteiger partial charge in [0, 0.05) is 26.2 Å². The Morgan fingerprint density at radius 2 is 2.20 bits per heavy atom. The molecule has 0 spiro atoms. The maximum absolute atomic E-state index is 12.1. The molecule has 1 saturated heterocycles. The van der Waals surface area contributed by atoms with Gasteiger partial charge in [-0.3, -0.25) is 9.59 Å². The van der Waals surface area contributed by atoms with E-state index in [1.165, 1.54) is 0 Å². The fourth-order valence-corrected chi connectivity index (χ4v) is 1.97. The molecule has 7 heteroatoms. The van der Waals surface area contributed by atoms with E-state index in [0.717, 1.165) is 0 Å². The molecular weight excluding hydrogens is 262 g/mol. The van der Waals surface area contributed by atoms with E-state index in [0.29, 0.717) is 26.3 Å². The number of nitrogens with one attached hydrogen (secondary N) is 2. The highest BCUT2D eigenvalue weighted by atomic mass is 16.5. The Kier molecular flexibility index (Phi) is 7.50. The van der Waals surface area contributed by atoms with E-state index in [1.54, 1.807) is 12.0 Å². The normalized spacial score (nSPS) is 19.2. The number of hydrogen-bond donors (Lipinski definition) is 2. The van der Waals surface area contributed by atoms with Crippen LogP contribution in [0.2, 0.25) is 0 Å². The van der Waals surface area contributed by atoms with Gasteiger partial charge in [0.15, 0.2) is 0 Å². The summed E-state index contributed by atoms with van der Waals surface area (Å²) in [5.41, 5.74) is 0. The third-order valence-electron chi connectivity index (χ3n) is 2.94. The predicted molar refractivity (Wildman–Crippen MR) is 74.3 cm³/mol. The van der Waals surface area contributed by atoms with Crippen molar-refractivity contribution in [1.29, 1.82) is 0 Å². The summed E-state index contributed by atoms with van der Waals surface area (Å²) in [6.07, 6.45) is 0. The van der Waals surface area contributed by atoms with Gasteiger partial charge in [-0.2, -0.15) is 0 Å². The highest BCUT2D eigenvalue weighted by Gasteiger charge is 2.32. The van der Waals surface area contributed by atoms with Gasteiger partial charge in [0.05, 0.1) is 26.4 Å². The van der Waals surface area contributed by atoms with Crippen LogP contribution in [-0.2, 0) is 19.1 Å². The lowest BCUT2D eigenvalue weighted by Gasteiger charge is -2.35. The first-order chi connectivity index (χ1) is 9.56. The van der Waals surface area contributed by atoms with Crippen LogP contribution in [0.25, 0.3) is 0 Å². The van der Waals surface area contributed by atoms with Crippen molar-refractivity contribution >= 4 is 11.8 Å². The minimum Gasteiger partial charge on any atom is -0.383 e. The molecule has 20 heavy (non-hydrogen) atoms. The van der Waals surface area contributed by atoms with E-state index in [-0.39, 0.29) is 31.0 Å². The standard InChI is InChI=1S/C13H25N3O4/c1-10(2)15-13(18)11-9-20-7-5-16(11)12(17)8-14-4-6-19-3/h10-11,14H,4-9H2,1-3H3,(H,15,18). The van der Waals surface area contributed by atoms with Gasteiger partial charge >= 0.3 is 0 Å². The zero-order valence-corrected chi connectivity index (χ0v) is 12.5. The zero-order valence-electron chi connectivity index (χ0n) is 12.5. The number of morpholine rings is 1. The number of amides is 2. The number of ether oxygens (including phenoxy) is 2. The summed E-state index contributed by atoms with van der Waals surface area (Å²) in [7, 11) is 1.61. The molecule has 2 N–H and O–H groups in total. The molecular formula is C13H25N3O4. The predicted octanol–water partition coefficient (Wildman–Crippen LogP) is -1.03. The summed E-state index contributed by atoms with van der Waals surface area (Å²) in [6.45, 7) is 6.30. The molecule has 1 unspecified atom stereocenters. The van der Waals surface area contributed by atoms with Crippen LogP contribution in [0.1, 0.15) is 13.8 Å². The molecule has 0 aromatic rings. The molecule has 116 valence electrons. The number of carbonyl (C=O) groups is 2. The van der Waals surface area contributed by atoms with Crippen LogP contribution in [0.15, 0.2) is 0 Å². The summed E-state index contributed by atoms with van der Waals surface area (Å²) < 4.78 is 10.2. The topological polar surface area (TPSA) is 79.9 Å². The van der Waals surface area contributed by atoms with Crippen molar-refractivity contribution in [2.24, 2.45) is 0 Å². The van der Waals surface area contributed by atoms with E-state index in [9.17, 15) is 9.59 Å². The van der Waals surface area contributed by atoms with E-state index in [2.05, 4.69) is 10.6 Å². The lowest BCUT2D eigenvalue weighted by atomic mass is 10.2. The minimum absolute atomic E-state index is 0.0428. The molecule has 0 radical (unpaired) electrons. The van der Waals surface area contributed by atoms with Crippen molar-refractivity contribution in [1.82, 2.24) is 15.5 Å². The zero-order chi connectivity index (χ0) is 15.0. The molecule has 0 aliphatic carbocycles. The average Bonchev–Trinajstić information content (AvgIpc) is 2.42. The first-order valence-corrected chi connectivity index (χ1v) is 6.93. The van der Waals surface area contributed by atoms with Crippen LogP contribution in [0.5, 0.6) is 0 Å². The summed E-state index contributed by atoms with van der Waals surface area (Å²) in [6, 6.07) is -0.496. The molecule has 0 saturated carbocycles. The highest BCUT2D eigenvalue weighted by Crippen LogP contribution is 2.07. The molecule has 1 heterocycles. The van der Waals surface area contributed by atoms with Crippen molar-refractivity contribution < 1.29 is 19.1 Å². The second-order valence-corrected chi connectivity index (χ2v) is 5.01. The molecule has 1 fully saturated rings. The molecule has 1 aliphatic heterocycles. The number of methoxy groups -OCH3 is 1. The summed E-state index contributed by atoms with van der Waals surface area (Å²) in [4.78, 5) is 25.8. The van der Waals surface area contributed by atoms with Crippen molar-refractivity contribution in [3.05, 3.63) is 0 Å².